The number of benzene rings is 1. The van der Waals surface area contributed by atoms with Gasteiger partial charge in [0.1, 0.15) is 12.6 Å². The van der Waals surface area contributed by atoms with E-state index in [2.05, 4.69) is 4.74 Å². The number of carbonyl (C=O) groups is 2. The van der Waals surface area contributed by atoms with Crippen LogP contribution in [0.15, 0.2) is 24.3 Å². The Labute approximate surface area is 110 Å². The summed E-state index contributed by atoms with van der Waals surface area (Å²) in [7, 11) is 1.30. The first kappa shape index (κ1) is 13.1. The third kappa shape index (κ3) is 2.56. The Bertz CT molecular complexity index is 533. The number of carbonyl (C=O) groups excluding carboxylic acids is 2. The van der Waals surface area contributed by atoms with E-state index in [1.807, 2.05) is 6.07 Å². The molecule has 0 aliphatic carbocycles. The Balaban J connectivity index is 2.27. The van der Waals surface area contributed by atoms with Crippen LogP contribution in [0.5, 0.6) is 0 Å². The molecule has 0 bridgehead atoms. The van der Waals surface area contributed by atoms with Crippen LogP contribution in [0.25, 0.3) is 0 Å². The minimum atomic E-state index is -0.648. The van der Waals surface area contributed by atoms with Gasteiger partial charge in [0.15, 0.2) is 0 Å². The van der Waals surface area contributed by atoms with E-state index >= 15 is 0 Å². The number of rotatable bonds is 2. The maximum Gasteiger partial charge on any atom is 0.337 e. The minimum Gasteiger partial charge on any atom is -0.465 e. The molecule has 1 aromatic rings. The maximum absolute atomic E-state index is 11.8. The average molecular weight is 260 g/mol. The Hall–Kier alpha value is -2.39. The van der Waals surface area contributed by atoms with Gasteiger partial charge in [-0.15, -0.1) is 0 Å². The van der Waals surface area contributed by atoms with Crippen LogP contribution >= 0.6 is 0 Å². The molecule has 1 aliphatic rings. The fourth-order valence-electron chi connectivity index (χ4n) is 1.87. The number of methoxy groups -OCH3 is 1. The highest BCUT2D eigenvalue weighted by Crippen LogP contribution is 2.21. The van der Waals surface area contributed by atoms with Crippen LogP contribution in [0.2, 0.25) is 0 Å². The lowest BCUT2D eigenvalue weighted by Gasteiger charge is -2.31. The molecule has 19 heavy (non-hydrogen) atoms. The van der Waals surface area contributed by atoms with E-state index in [9.17, 15) is 9.59 Å². The number of amides is 1. The quantitative estimate of drug-likeness (QED) is 0.732. The molecule has 1 unspecified atom stereocenters. The Kier molecular flexibility index (Phi) is 3.78. The van der Waals surface area contributed by atoms with Gasteiger partial charge in [-0.1, -0.05) is 0 Å². The number of hydrogen-bond acceptors (Lipinski definition) is 5. The van der Waals surface area contributed by atoms with Gasteiger partial charge in [0.2, 0.25) is 0 Å². The molecule has 2 rings (SSSR count). The highest BCUT2D eigenvalue weighted by molar-refractivity contribution is 5.97. The van der Waals surface area contributed by atoms with E-state index in [-0.39, 0.29) is 19.1 Å². The summed E-state index contributed by atoms with van der Waals surface area (Å²) in [6.45, 7) is 0.137. The molecule has 1 aliphatic heterocycles. The van der Waals surface area contributed by atoms with Crippen molar-refractivity contribution in [3.8, 4) is 6.07 Å². The number of ether oxygens (including phenoxy) is 2. The van der Waals surface area contributed by atoms with Crippen LogP contribution in [-0.4, -0.2) is 38.2 Å². The molecule has 1 heterocycles. The van der Waals surface area contributed by atoms with E-state index in [0.29, 0.717) is 11.3 Å². The van der Waals surface area contributed by atoms with Crippen LogP contribution in [0.4, 0.5) is 5.69 Å². The standard InChI is InChI=1S/C13H12N2O4/c1-18-13(17)9-2-4-10(5-3-9)15-11(6-14)7-19-8-12(15)16/h2-5,11H,7-8H2,1H3. The smallest absolute Gasteiger partial charge is 0.337 e. The van der Waals surface area contributed by atoms with Crippen molar-refractivity contribution in [1.82, 2.24) is 0 Å². The fourth-order valence-corrected chi connectivity index (χ4v) is 1.87. The first-order chi connectivity index (χ1) is 9.17. The fraction of sp³-hybridized carbons (Fsp3) is 0.308. The third-order valence-electron chi connectivity index (χ3n) is 2.80. The van der Waals surface area contributed by atoms with Gasteiger partial charge in [-0.05, 0) is 24.3 Å². The van der Waals surface area contributed by atoms with Gasteiger partial charge in [0.05, 0.1) is 25.3 Å². The lowest BCUT2D eigenvalue weighted by Crippen LogP contribution is -2.49. The van der Waals surface area contributed by atoms with Crippen molar-refractivity contribution in [1.29, 1.82) is 5.26 Å². The summed E-state index contributed by atoms with van der Waals surface area (Å²) < 4.78 is 9.62. The van der Waals surface area contributed by atoms with Crippen LogP contribution in [0, 0.1) is 11.3 Å². The van der Waals surface area contributed by atoms with Gasteiger partial charge in [0, 0.05) is 5.69 Å². The predicted molar refractivity (Wildman–Crippen MR) is 65.5 cm³/mol. The molecule has 1 amide bonds. The molecule has 1 fully saturated rings. The normalized spacial score (nSPS) is 18.8. The van der Waals surface area contributed by atoms with Crippen LogP contribution in [0.3, 0.4) is 0 Å². The summed E-state index contributed by atoms with van der Waals surface area (Å²) in [5, 5.41) is 9.02. The molecular weight excluding hydrogens is 248 g/mol. The summed E-state index contributed by atoms with van der Waals surface area (Å²) in [5.74, 6) is -0.722. The SMILES string of the molecule is COC(=O)c1ccc(N2C(=O)COCC2C#N)cc1. The Morgan fingerprint density at radius 3 is 2.74 bits per heavy atom. The molecule has 1 atom stereocenters. The Morgan fingerprint density at radius 1 is 1.47 bits per heavy atom. The second kappa shape index (κ2) is 5.50. The lowest BCUT2D eigenvalue weighted by molar-refractivity contribution is -0.126. The number of nitriles is 1. The lowest BCUT2D eigenvalue weighted by atomic mass is 10.1. The van der Waals surface area contributed by atoms with Crippen LogP contribution < -0.4 is 4.90 Å². The monoisotopic (exact) mass is 260 g/mol. The Morgan fingerprint density at radius 2 is 2.16 bits per heavy atom. The zero-order valence-electron chi connectivity index (χ0n) is 10.3. The van der Waals surface area contributed by atoms with Gasteiger partial charge < -0.3 is 9.47 Å². The van der Waals surface area contributed by atoms with Crippen molar-refractivity contribution in [2.24, 2.45) is 0 Å². The third-order valence-corrected chi connectivity index (χ3v) is 2.80. The molecule has 0 aromatic heterocycles. The molecular formula is C13H12N2O4. The first-order valence-electron chi connectivity index (χ1n) is 5.65. The largest absolute Gasteiger partial charge is 0.465 e. The molecule has 6 nitrogen and oxygen atoms in total. The molecule has 1 saturated heterocycles. The van der Waals surface area contributed by atoms with Gasteiger partial charge in [-0.2, -0.15) is 5.26 Å². The average Bonchev–Trinajstić information content (AvgIpc) is 2.46. The predicted octanol–water partition coefficient (Wildman–Crippen LogP) is 0.729. The number of anilines is 1. The van der Waals surface area contributed by atoms with Crippen molar-refractivity contribution >= 4 is 17.6 Å². The van der Waals surface area contributed by atoms with Crippen molar-refractivity contribution in [2.45, 2.75) is 6.04 Å². The van der Waals surface area contributed by atoms with Crippen LogP contribution in [-0.2, 0) is 14.3 Å². The highest BCUT2D eigenvalue weighted by Gasteiger charge is 2.30. The number of esters is 1. The number of hydrogen-bond donors (Lipinski definition) is 0. The van der Waals surface area contributed by atoms with Gasteiger partial charge in [-0.3, -0.25) is 9.69 Å². The summed E-state index contributed by atoms with van der Waals surface area (Å²) in [6, 6.07) is 7.70. The van der Waals surface area contributed by atoms with E-state index in [1.165, 1.54) is 12.0 Å². The molecule has 0 radical (unpaired) electrons. The second-order valence-electron chi connectivity index (χ2n) is 3.96. The van der Waals surface area contributed by atoms with Gasteiger partial charge in [-0.25, -0.2) is 4.79 Å². The van der Waals surface area contributed by atoms with E-state index in [1.54, 1.807) is 24.3 Å². The summed E-state index contributed by atoms with van der Waals surface area (Å²) in [6.07, 6.45) is 0. The minimum absolute atomic E-state index is 0.0447. The van der Waals surface area contributed by atoms with Crippen molar-refractivity contribution in [3.05, 3.63) is 29.8 Å². The molecule has 0 saturated carbocycles. The van der Waals surface area contributed by atoms with Gasteiger partial charge in [0.25, 0.3) is 5.91 Å². The van der Waals surface area contributed by atoms with Crippen molar-refractivity contribution < 1.29 is 19.1 Å². The van der Waals surface area contributed by atoms with Crippen molar-refractivity contribution in [3.63, 3.8) is 0 Å². The zero-order chi connectivity index (χ0) is 13.8. The summed E-state index contributed by atoms with van der Waals surface area (Å²) >= 11 is 0. The highest BCUT2D eigenvalue weighted by atomic mass is 16.5. The maximum atomic E-state index is 11.8. The van der Waals surface area contributed by atoms with E-state index in [4.69, 9.17) is 10.00 Å². The molecule has 98 valence electrons. The van der Waals surface area contributed by atoms with E-state index < -0.39 is 12.0 Å². The molecule has 6 heteroatoms. The molecule has 1 aromatic carbocycles. The van der Waals surface area contributed by atoms with Crippen molar-refractivity contribution in [2.75, 3.05) is 25.2 Å². The summed E-state index contributed by atoms with van der Waals surface area (Å²) in [4.78, 5) is 24.5. The van der Waals surface area contributed by atoms with Gasteiger partial charge >= 0.3 is 5.97 Å². The zero-order valence-corrected chi connectivity index (χ0v) is 10.3. The molecule has 0 N–H and O–H groups in total. The number of morpholine rings is 1. The number of nitrogens with zero attached hydrogens (tertiary/aromatic N) is 2. The van der Waals surface area contributed by atoms with Crippen LogP contribution in [0.1, 0.15) is 10.4 Å². The first-order valence-corrected chi connectivity index (χ1v) is 5.65. The summed E-state index contributed by atoms with van der Waals surface area (Å²) in [5.41, 5.74) is 0.952. The molecule has 0 spiro atoms. The topological polar surface area (TPSA) is 79.6 Å². The second-order valence-corrected chi connectivity index (χ2v) is 3.96. The van der Waals surface area contributed by atoms with E-state index in [0.717, 1.165) is 0 Å².